The molecule has 0 spiro atoms. The molecule has 0 aromatic heterocycles. The maximum atomic E-state index is 13.9. The molecule has 0 bridgehead atoms. The highest BCUT2D eigenvalue weighted by atomic mass is 16.1. The Morgan fingerprint density at radius 3 is 2.22 bits per heavy atom. The highest BCUT2D eigenvalue weighted by molar-refractivity contribution is 5.96. The van der Waals surface area contributed by atoms with Gasteiger partial charge in [-0.2, -0.15) is 0 Å². The second-order valence-corrected chi connectivity index (χ2v) is 13.4. The summed E-state index contributed by atoms with van der Waals surface area (Å²) in [6.07, 6.45) is 8.44. The van der Waals surface area contributed by atoms with Crippen molar-refractivity contribution in [1.82, 2.24) is 0 Å². The van der Waals surface area contributed by atoms with E-state index in [2.05, 4.69) is 41.5 Å². The van der Waals surface area contributed by atoms with Crippen molar-refractivity contribution in [2.24, 2.45) is 57.7 Å². The SMILES string of the molecule is CC(C)CCC[C@@H](C)[C@H]1CC[C@@]2(C)[C@@H]3C(=O)C[C@H]4[C@H](C)C(=O)CC[C@]4(C)[C@H]3C(=O)C[C@]12C. The van der Waals surface area contributed by atoms with Gasteiger partial charge in [-0.15, -0.1) is 0 Å². The van der Waals surface area contributed by atoms with Gasteiger partial charge in [0.1, 0.15) is 17.3 Å². The van der Waals surface area contributed by atoms with Gasteiger partial charge in [-0.05, 0) is 59.2 Å². The minimum atomic E-state index is -0.200. The van der Waals surface area contributed by atoms with E-state index in [-0.39, 0.29) is 51.5 Å². The van der Waals surface area contributed by atoms with Gasteiger partial charge < -0.3 is 0 Å². The molecule has 4 saturated carbocycles. The molecule has 0 aromatic rings. The van der Waals surface area contributed by atoms with Crippen molar-refractivity contribution >= 4 is 17.3 Å². The highest BCUT2D eigenvalue weighted by Crippen LogP contribution is 2.72. The molecule has 180 valence electrons. The van der Waals surface area contributed by atoms with Crippen LogP contribution in [0.25, 0.3) is 0 Å². The molecule has 0 heterocycles. The zero-order valence-corrected chi connectivity index (χ0v) is 21.6. The topological polar surface area (TPSA) is 51.2 Å². The predicted molar refractivity (Wildman–Crippen MR) is 128 cm³/mol. The lowest BCUT2D eigenvalue weighted by molar-refractivity contribution is -0.185. The van der Waals surface area contributed by atoms with Gasteiger partial charge >= 0.3 is 0 Å². The fourth-order valence-corrected chi connectivity index (χ4v) is 9.34. The third-order valence-electron chi connectivity index (χ3n) is 11.5. The molecule has 0 aliphatic heterocycles. The average molecular weight is 443 g/mol. The summed E-state index contributed by atoms with van der Waals surface area (Å²) in [5.74, 6) is 2.38. The third kappa shape index (κ3) is 3.30. The molecule has 0 unspecified atom stereocenters. The Morgan fingerprint density at radius 2 is 1.56 bits per heavy atom. The summed E-state index contributed by atoms with van der Waals surface area (Å²) >= 11 is 0. The molecule has 3 nitrogen and oxygen atoms in total. The third-order valence-corrected chi connectivity index (χ3v) is 11.5. The highest BCUT2D eigenvalue weighted by Gasteiger charge is 2.71. The zero-order valence-electron chi connectivity index (χ0n) is 21.6. The average Bonchev–Trinajstić information content (AvgIpc) is 2.97. The van der Waals surface area contributed by atoms with E-state index in [0.29, 0.717) is 36.9 Å². The van der Waals surface area contributed by atoms with Crippen molar-refractivity contribution in [3.8, 4) is 0 Å². The van der Waals surface area contributed by atoms with Gasteiger partial charge in [0.25, 0.3) is 0 Å². The zero-order chi connectivity index (χ0) is 23.6. The maximum absolute atomic E-state index is 13.9. The molecule has 0 amide bonds. The van der Waals surface area contributed by atoms with E-state index in [1.54, 1.807) is 0 Å². The van der Waals surface area contributed by atoms with E-state index in [1.165, 1.54) is 19.3 Å². The summed E-state index contributed by atoms with van der Waals surface area (Å²) in [4.78, 5) is 40.2. The van der Waals surface area contributed by atoms with Crippen molar-refractivity contribution in [2.45, 2.75) is 106 Å². The summed E-state index contributed by atoms with van der Waals surface area (Å²) in [5.41, 5.74) is -0.385. The molecular weight excluding hydrogens is 396 g/mol. The molecule has 3 heteroatoms. The fourth-order valence-electron chi connectivity index (χ4n) is 9.34. The number of carbonyl (C=O) groups excluding carboxylic acids is 3. The quantitative estimate of drug-likeness (QED) is 0.478. The number of fused-ring (bicyclic) bond motifs is 5. The molecule has 32 heavy (non-hydrogen) atoms. The number of Topliss-reactive ketones (excluding diaryl/α,β-unsaturated/α-hetero) is 3. The number of ketones is 3. The Morgan fingerprint density at radius 1 is 0.875 bits per heavy atom. The van der Waals surface area contributed by atoms with Gasteiger partial charge in [0.15, 0.2) is 0 Å². The van der Waals surface area contributed by atoms with E-state index < -0.39 is 0 Å². The Labute approximate surface area is 195 Å². The minimum Gasteiger partial charge on any atom is -0.299 e. The van der Waals surface area contributed by atoms with Crippen LogP contribution in [0.15, 0.2) is 0 Å². The number of rotatable bonds is 5. The summed E-state index contributed by atoms with van der Waals surface area (Å²) in [5, 5.41) is 0. The first-order chi connectivity index (χ1) is 14.9. The monoisotopic (exact) mass is 442 g/mol. The lowest BCUT2D eigenvalue weighted by atomic mass is 9.39. The lowest BCUT2D eigenvalue weighted by Crippen LogP contribution is -2.65. The van der Waals surface area contributed by atoms with Gasteiger partial charge in [-0.25, -0.2) is 0 Å². The number of carbonyl (C=O) groups is 3. The normalized spacial score (nSPS) is 47.2. The van der Waals surface area contributed by atoms with Crippen LogP contribution >= 0.6 is 0 Å². The minimum absolute atomic E-state index is 0.0431. The molecule has 0 N–H and O–H groups in total. The van der Waals surface area contributed by atoms with E-state index in [4.69, 9.17) is 0 Å². The number of hydrogen-bond acceptors (Lipinski definition) is 3. The Bertz CT molecular complexity index is 798. The predicted octanol–water partition coefficient (Wildman–Crippen LogP) is 6.67. The van der Waals surface area contributed by atoms with Crippen LogP contribution in [-0.2, 0) is 14.4 Å². The van der Waals surface area contributed by atoms with E-state index >= 15 is 0 Å². The van der Waals surface area contributed by atoms with Crippen LogP contribution in [-0.4, -0.2) is 17.3 Å². The van der Waals surface area contributed by atoms with Crippen LogP contribution < -0.4 is 0 Å². The first kappa shape index (κ1) is 24.1. The van der Waals surface area contributed by atoms with Crippen LogP contribution in [0.4, 0.5) is 0 Å². The number of hydrogen-bond donors (Lipinski definition) is 0. The van der Waals surface area contributed by atoms with E-state index in [1.807, 2.05) is 6.92 Å². The van der Waals surface area contributed by atoms with Crippen molar-refractivity contribution < 1.29 is 14.4 Å². The Balaban J connectivity index is 1.65. The molecule has 4 rings (SSSR count). The van der Waals surface area contributed by atoms with E-state index in [9.17, 15) is 14.4 Å². The largest absolute Gasteiger partial charge is 0.299 e. The van der Waals surface area contributed by atoms with Gasteiger partial charge in [-0.3, -0.25) is 14.4 Å². The summed E-state index contributed by atoms with van der Waals surface area (Å²) in [6, 6.07) is 0. The lowest BCUT2D eigenvalue weighted by Gasteiger charge is -2.63. The molecule has 0 radical (unpaired) electrons. The summed E-state index contributed by atoms with van der Waals surface area (Å²) in [7, 11) is 0. The summed E-state index contributed by atoms with van der Waals surface area (Å²) < 4.78 is 0. The van der Waals surface area contributed by atoms with Gasteiger partial charge in [-0.1, -0.05) is 67.7 Å². The molecule has 9 atom stereocenters. The fraction of sp³-hybridized carbons (Fsp3) is 0.897. The molecule has 4 fully saturated rings. The second kappa shape index (κ2) is 8.05. The molecule has 0 saturated heterocycles. The molecule has 4 aliphatic carbocycles. The van der Waals surface area contributed by atoms with Crippen LogP contribution in [0, 0.1) is 57.7 Å². The second-order valence-electron chi connectivity index (χ2n) is 13.4. The van der Waals surface area contributed by atoms with Crippen molar-refractivity contribution in [3.05, 3.63) is 0 Å². The first-order valence-electron chi connectivity index (χ1n) is 13.4. The molecule has 4 aliphatic rings. The standard InChI is InChI=1S/C29H46O3/c1-17(2)9-8-10-18(3)20-11-14-28(6)26-23(31)15-21-19(4)22(30)12-13-27(21,5)25(26)24(32)16-29(20,28)7/h17-21,25-26H,8-16H2,1-7H3/t18-,19+,20-,21+,25+,26-,27+,28+,29-/m1/s1. The van der Waals surface area contributed by atoms with E-state index in [0.717, 1.165) is 25.2 Å². The Hall–Kier alpha value is -0.990. The van der Waals surface area contributed by atoms with Gasteiger partial charge in [0, 0.05) is 37.0 Å². The van der Waals surface area contributed by atoms with Crippen LogP contribution in [0.3, 0.4) is 0 Å². The first-order valence-corrected chi connectivity index (χ1v) is 13.4. The van der Waals surface area contributed by atoms with Crippen LogP contribution in [0.5, 0.6) is 0 Å². The van der Waals surface area contributed by atoms with Crippen molar-refractivity contribution in [3.63, 3.8) is 0 Å². The van der Waals surface area contributed by atoms with Gasteiger partial charge in [0.05, 0.1) is 0 Å². The maximum Gasteiger partial charge on any atom is 0.137 e. The van der Waals surface area contributed by atoms with Crippen LogP contribution in [0.1, 0.15) is 106 Å². The van der Waals surface area contributed by atoms with Crippen molar-refractivity contribution in [2.75, 3.05) is 0 Å². The van der Waals surface area contributed by atoms with Crippen molar-refractivity contribution in [1.29, 1.82) is 0 Å². The van der Waals surface area contributed by atoms with Crippen LogP contribution in [0.2, 0.25) is 0 Å². The van der Waals surface area contributed by atoms with Gasteiger partial charge in [0.2, 0.25) is 0 Å². The molecule has 0 aromatic carbocycles. The smallest absolute Gasteiger partial charge is 0.137 e. The molecular formula is C29H46O3. The Kier molecular flexibility index (Phi) is 6.07. The summed E-state index contributed by atoms with van der Waals surface area (Å²) in [6.45, 7) is 15.9.